The predicted molar refractivity (Wildman–Crippen MR) is 121 cm³/mol. The quantitative estimate of drug-likeness (QED) is 0.647. The van der Waals surface area contributed by atoms with E-state index in [1.807, 2.05) is 30.3 Å². The number of carbonyl (C=O) groups is 1. The number of aryl methyl sites for hydroxylation is 1. The van der Waals surface area contributed by atoms with Gasteiger partial charge in [-0.1, -0.05) is 30.3 Å². The average Bonchev–Trinajstić information content (AvgIpc) is 2.76. The number of rotatable bonds is 9. The van der Waals surface area contributed by atoms with Crippen LogP contribution in [0.25, 0.3) is 0 Å². The average molecular weight is 436 g/mol. The minimum atomic E-state index is -3.31. The van der Waals surface area contributed by atoms with Crippen molar-refractivity contribution in [3.05, 3.63) is 35.9 Å². The lowest BCUT2D eigenvalue weighted by molar-refractivity contribution is -0.126. The Morgan fingerprint density at radius 2 is 1.83 bits per heavy atom. The molecule has 1 atom stereocenters. The summed E-state index contributed by atoms with van der Waals surface area (Å²) < 4.78 is 27.1. The summed E-state index contributed by atoms with van der Waals surface area (Å²) in [5, 5.41) is 3.07. The maximum Gasteiger partial charge on any atom is 0.224 e. The molecule has 1 aromatic carbocycles. The molecule has 2 aliphatic rings. The molecule has 1 N–H and O–H groups in total. The highest BCUT2D eigenvalue weighted by molar-refractivity contribution is 7.89. The molecule has 2 heterocycles. The highest BCUT2D eigenvalue weighted by Gasteiger charge is 2.32. The molecule has 0 saturated carbocycles. The molecular formula is C23H37N3O3S. The van der Waals surface area contributed by atoms with E-state index in [1.54, 1.807) is 4.31 Å². The van der Waals surface area contributed by atoms with Crippen molar-refractivity contribution in [2.24, 2.45) is 11.8 Å². The summed E-state index contributed by atoms with van der Waals surface area (Å²) in [4.78, 5) is 15.0. The SMILES string of the molecule is CN1CCC(CCNC(=O)[C@@H]2CCCN(S(=O)(=O)CCCc3ccccc3)C2)CC1. The molecule has 6 nitrogen and oxygen atoms in total. The monoisotopic (exact) mass is 435 g/mol. The summed E-state index contributed by atoms with van der Waals surface area (Å²) in [6.07, 6.45) is 6.32. The number of carbonyl (C=O) groups excluding carboxylic acids is 1. The van der Waals surface area contributed by atoms with Gasteiger partial charge in [0.1, 0.15) is 0 Å². The highest BCUT2D eigenvalue weighted by atomic mass is 32.2. The second-order valence-electron chi connectivity index (χ2n) is 8.93. The van der Waals surface area contributed by atoms with Crippen LogP contribution in [-0.2, 0) is 21.2 Å². The number of hydrogen-bond acceptors (Lipinski definition) is 4. The number of nitrogens with zero attached hydrogens (tertiary/aromatic N) is 2. The van der Waals surface area contributed by atoms with Gasteiger partial charge in [0.25, 0.3) is 0 Å². The van der Waals surface area contributed by atoms with Gasteiger partial charge in [-0.05, 0) is 76.6 Å². The number of piperidine rings is 2. The van der Waals surface area contributed by atoms with Gasteiger partial charge < -0.3 is 10.2 Å². The second-order valence-corrected chi connectivity index (χ2v) is 11.0. The lowest BCUT2D eigenvalue weighted by Gasteiger charge is -2.32. The molecule has 0 aromatic heterocycles. The Kier molecular flexibility index (Phi) is 8.72. The van der Waals surface area contributed by atoms with E-state index in [9.17, 15) is 13.2 Å². The molecule has 0 bridgehead atoms. The maximum absolute atomic E-state index is 12.8. The van der Waals surface area contributed by atoms with Crippen LogP contribution in [0.4, 0.5) is 0 Å². The molecule has 1 aromatic rings. The zero-order valence-electron chi connectivity index (χ0n) is 18.3. The largest absolute Gasteiger partial charge is 0.356 e. The number of nitrogens with one attached hydrogen (secondary N) is 1. The molecule has 2 saturated heterocycles. The summed E-state index contributed by atoms with van der Waals surface area (Å²) in [7, 11) is -1.16. The highest BCUT2D eigenvalue weighted by Crippen LogP contribution is 2.22. The van der Waals surface area contributed by atoms with Crippen molar-refractivity contribution < 1.29 is 13.2 Å². The van der Waals surface area contributed by atoms with Gasteiger partial charge in [-0.2, -0.15) is 0 Å². The van der Waals surface area contributed by atoms with Crippen LogP contribution in [0.2, 0.25) is 0 Å². The van der Waals surface area contributed by atoms with Crippen LogP contribution < -0.4 is 5.32 Å². The van der Waals surface area contributed by atoms with Crippen molar-refractivity contribution in [1.82, 2.24) is 14.5 Å². The Morgan fingerprint density at radius 3 is 2.57 bits per heavy atom. The van der Waals surface area contributed by atoms with E-state index in [0.29, 0.717) is 32.0 Å². The number of likely N-dealkylation sites (tertiary alicyclic amines) is 1. The fourth-order valence-corrected chi connectivity index (χ4v) is 6.12. The zero-order chi connectivity index (χ0) is 21.4. The van der Waals surface area contributed by atoms with Crippen molar-refractivity contribution >= 4 is 15.9 Å². The third-order valence-electron chi connectivity index (χ3n) is 6.55. The van der Waals surface area contributed by atoms with E-state index in [-0.39, 0.29) is 17.6 Å². The first-order valence-electron chi connectivity index (χ1n) is 11.4. The van der Waals surface area contributed by atoms with E-state index in [1.165, 1.54) is 12.8 Å². The first-order chi connectivity index (χ1) is 14.4. The van der Waals surface area contributed by atoms with Gasteiger partial charge in [0.05, 0.1) is 11.7 Å². The fraction of sp³-hybridized carbons (Fsp3) is 0.696. The normalized spacial score (nSPS) is 22.1. The van der Waals surface area contributed by atoms with Crippen LogP contribution in [0, 0.1) is 11.8 Å². The minimum absolute atomic E-state index is 0.0205. The zero-order valence-corrected chi connectivity index (χ0v) is 19.1. The molecule has 1 amide bonds. The lowest BCUT2D eigenvalue weighted by Crippen LogP contribution is -2.46. The van der Waals surface area contributed by atoms with Gasteiger partial charge in [0.2, 0.25) is 15.9 Å². The maximum atomic E-state index is 12.8. The van der Waals surface area contributed by atoms with Crippen molar-refractivity contribution in [2.75, 3.05) is 45.5 Å². The van der Waals surface area contributed by atoms with Gasteiger partial charge in [-0.3, -0.25) is 4.79 Å². The van der Waals surface area contributed by atoms with Crippen LogP contribution in [-0.4, -0.2) is 69.1 Å². The third-order valence-corrected chi connectivity index (χ3v) is 8.47. The Balaban J connectivity index is 1.40. The van der Waals surface area contributed by atoms with Crippen molar-refractivity contribution in [3.8, 4) is 0 Å². The molecule has 2 aliphatic heterocycles. The van der Waals surface area contributed by atoms with E-state index >= 15 is 0 Å². The second kappa shape index (κ2) is 11.3. The molecule has 0 aliphatic carbocycles. The number of sulfonamides is 1. The Labute approximate surface area is 182 Å². The third kappa shape index (κ3) is 7.06. The molecule has 2 fully saturated rings. The topological polar surface area (TPSA) is 69.7 Å². The molecule has 7 heteroatoms. The van der Waals surface area contributed by atoms with E-state index < -0.39 is 10.0 Å². The van der Waals surface area contributed by atoms with Crippen molar-refractivity contribution in [2.45, 2.75) is 44.9 Å². The van der Waals surface area contributed by atoms with Crippen molar-refractivity contribution in [1.29, 1.82) is 0 Å². The predicted octanol–water partition coefficient (Wildman–Crippen LogP) is 2.51. The number of amides is 1. The molecular weight excluding hydrogens is 398 g/mol. The molecule has 0 unspecified atom stereocenters. The first-order valence-corrected chi connectivity index (χ1v) is 13.0. The minimum Gasteiger partial charge on any atom is -0.356 e. The Hall–Kier alpha value is -1.44. The van der Waals surface area contributed by atoms with E-state index in [0.717, 1.165) is 44.3 Å². The van der Waals surface area contributed by atoms with Gasteiger partial charge >= 0.3 is 0 Å². The fourth-order valence-electron chi connectivity index (χ4n) is 4.54. The summed E-state index contributed by atoms with van der Waals surface area (Å²) in [5.41, 5.74) is 1.16. The van der Waals surface area contributed by atoms with Crippen molar-refractivity contribution in [3.63, 3.8) is 0 Å². The van der Waals surface area contributed by atoms with Crippen LogP contribution in [0.5, 0.6) is 0 Å². The van der Waals surface area contributed by atoms with E-state index in [4.69, 9.17) is 0 Å². The summed E-state index contributed by atoms with van der Waals surface area (Å²) in [5.74, 6) is 0.633. The van der Waals surface area contributed by atoms with Gasteiger partial charge in [0.15, 0.2) is 0 Å². The van der Waals surface area contributed by atoms with Gasteiger partial charge in [-0.25, -0.2) is 12.7 Å². The van der Waals surface area contributed by atoms with Crippen LogP contribution in [0.3, 0.4) is 0 Å². The summed E-state index contributed by atoms with van der Waals surface area (Å²) in [6.45, 7) is 3.84. The molecule has 0 radical (unpaired) electrons. The first kappa shape index (κ1) is 23.2. The van der Waals surface area contributed by atoms with Gasteiger partial charge in [0, 0.05) is 19.6 Å². The molecule has 30 heavy (non-hydrogen) atoms. The van der Waals surface area contributed by atoms with Crippen LogP contribution >= 0.6 is 0 Å². The van der Waals surface area contributed by atoms with Crippen LogP contribution in [0.15, 0.2) is 30.3 Å². The number of benzene rings is 1. The standard InChI is InChI=1S/C23H37N3O3S/c1-25-16-12-21(13-17-25)11-14-24-23(27)22-10-5-15-26(19-22)30(28,29)18-6-9-20-7-3-2-4-8-20/h2-4,7-8,21-22H,5-6,9-19H2,1H3,(H,24,27)/t22-/m1/s1. The Bertz CT molecular complexity index is 761. The van der Waals surface area contributed by atoms with E-state index in [2.05, 4.69) is 17.3 Å². The molecule has 3 rings (SSSR count). The smallest absolute Gasteiger partial charge is 0.224 e. The van der Waals surface area contributed by atoms with Crippen LogP contribution in [0.1, 0.15) is 44.1 Å². The van der Waals surface area contributed by atoms with Gasteiger partial charge in [-0.15, -0.1) is 0 Å². The summed E-state index contributed by atoms with van der Waals surface area (Å²) >= 11 is 0. The lowest BCUT2D eigenvalue weighted by atomic mass is 9.93. The molecule has 0 spiro atoms. The molecule has 168 valence electrons. The Morgan fingerprint density at radius 1 is 1.10 bits per heavy atom. The summed E-state index contributed by atoms with van der Waals surface area (Å²) in [6, 6.07) is 9.97. The number of hydrogen-bond donors (Lipinski definition) is 1.